The first-order chi connectivity index (χ1) is 10.1. The van der Waals surface area contributed by atoms with Gasteiger partial charge in [-0.05, 0) is 50.4 Å². The fourth-order valence-corrected chi connectivity index (χ4v) is 2.60. The molecule has 0 heterocycles. The van der Waals surface area contributed by atoms with E-state index >= 15 is 0 Å². The number of nitrogens with one attached hydrogen (secondary N) is 1. The molecule has 0 aromatic heterocycles. The molecule has 0 saturated carbocycles. The van der Waals surface area contributed by atoms with Crippen LogP contribution >= 0.6 is 0 Å². The summed E-state index contributed by atoms with van der Waals surface area (Å²) in [5.74, 6) is -0.122. The Morgan fingerprint density at radius 2 is 1.86 bits per heavy atom. The van der Waals surface area contributed by atoms with Crippen LogP contribution in [0.15, 0.2) is 42.5 Å². The first kappa shape index (κ1) is 15.7. The molecule has 1 atom stereocenters. The Morgan fingerprint density at radius 1 is 1.10 bits per heavy atom. The quantitative estimate of drug-likeness (QED) is 0.809. The molecule has 0 saturated heterocycles. The SMILES string of the molecule is CCCNC(Cc1ccccc1C)c1cc(C)ccc1F. The lowest BCUT2D eigenvalue weighted by molar-refractivity contribution is 0.496. The van der Waals surface area contributed by atoms with E-state index in [1.54, 1.807) is 6.07 Å². The highest BCUT2D eigenvalue weighted by atomic mass is 19.1. The van der Waals surface area contributed by atoms with Crippen molar-refractivity contribution in [2.24, 2.45) is 0 Å². The fourth-order valence-electron chi connectivity index (χ4n) is 2.60. The van der Waals surface area contributed by atoms with Crippen molar-refractivity contribution in [3.8, 4) is 0 Å². The molecule has 0 radical (unpaired) electrons. The van der Waals surface area contributed by atoms with Crippen LogP contribution in [0.1, 0.15) is 41.6 Å². The van der Waals surface area contributed by atoms with Crippen molar-refractivity contribution in [1.82, 2.24) is 5.32 Å². The lowest BCUT2D eigenvalue weighted by atomic mass is 9.94. The Morgan fingerprint density at radius 3 is 2.57 bits per heavy atom. The second-order valence-corrected chi connectivity index (χ2v) is 5.66. The fraction of sp³-hybridized carbons (Fsp3) is 0.368. The van der Waals surface area contributed by atoms with Gasteiger partial charge in [0, 0.05) is 11.6 Å². The summed E-state index contributed by atoms with van der Waals surface area (Å²) in [5.41, 5.74) is 4.40. The van der Waals surface area contributed by atoms with E-state index in [1.165, 1.54) is 11.1 Å². The zero-order valence-corrected chi connectivity index (χ0v) is 13.1. The Balaban J connectivity index is 2.30. The predicted molar refractivity (Wildman–Crippen MR) is 87.1 cm³/mol. The van der Waals surface area contributed by atoms with Gasteiger partial charge in [0.25, 0.3) is 0 Å². The largest absolute Gasteiger partial charge is 0.310 e. The van der Waals surface area contributed by atoms with E-state index in [1.807, 2.05) is 31.2 Å². The van der Waals surface area contributed by atoms with Crippen LogP contribution in [-0.4, -0.2) is 6.54 Å². The van der Waals surface area contributed by atoms with E-state index in [2.05, 4.69) is 31.3 Å². The average Bonchev–Trinajstić information content (AvgIpc) is 2.48. The van der Waals surface area contributed by atoms with Gasteiger partial charge in [-0.25, -0.2) is 4.39 Å². The highest BCUT2D eigenvalue weighted by Gasteiger charge is 2.16. The van der Waals surface area contributed by atoms with Gasteiger partial charge in [-0.15, -0.1) is 0 Å². The second kappa shape index (κ2) is 7.37. The number of aryl methyl sites for hydroxylation is 2. The zero-order chi connectivity index (χ0) is 15.2. The number of benzene rings is 2. The van der Waals surface area contributed by atoms with E-state index in [0.717, 1.165) is 30.5 Å². The smallest absolute Gasteiger partial charge is 0.128 e. The molecule has 1 unspecified atom stereocenters. The van der Waals surface area contributed by atoms with Gasteiger partial charge in [-0.1, -0.05) is 48.9 Å². The molecule has 0 fully saturated rings. The molecule has 2 aromatic rings. The van der Waals surface area contributed by atoms with Crippen LogP contribution < -0.4 is 5.32 Å². The van der Waals surface area contributed by atoms with Gasteiger partial charge < -0.3 is 5.32 Å². The third kappa shape index (κ3) is 4.15. The van der Waals surface area contributed by atoms with Crippen molar-refractivity contribution in [2.45, 2.75) is 39.7 Å². The molecule has 112 valence electrons. The van der Waals surface area contributed by atoms with E-state index < -0.39 is 0 Å². The average molecular weight is 285 g/mol. The number of halogens is 1. The molecule has 21 heavy (non-hydrogen) atoms. The molecule has 2 rings (SSSR count). The second-order valence-electron chi connectivity index (χ2n) is 5.66. The lowest BCUT2D eigenvalue weighted by Crippen LogP contribution is -2.25. The van der Waals surface area contributed by atoms with E-state index in [9.17, 15) is 4.39 Å². The van der Waals surface area contributed by atoms with E-state index in [-0.39, 0.29) is 11.9 Å². The molecule has 0 aliphatic carbocycles. The maximum absolute atomic E-state index is 14.2. The van der Waals surface area contributed by atoms with Crippen molar-refractivity contribution < 1.29 is 4.39 Å². The van der Waals surface area contributed by atoms with Crippen molar-refractivity contribution >= 4 is 0 Å². The summed E-state index contributed by atoms with van der Waals surface area (Å²) < 4.78 is 14.2. The van der Waals surface area contributed by atoms with E-state index in [0.29, 0.717) is 0 Å². The highest BCUT2D eigenvalue weighted by molar-refractivity contribution is 5.31. The van der Waals surface area contributed by atoms with Crippen LogP contribution in [0.5, 0.6) is 0 Å². The monoisotopic (exact) mass is 285 g/mol. The van der Waals surface area contributed by atoms with Crippen molar-refractivity contribution in [3.63, 3.8) is 0 Å². The Kier molecular flexibility index (Phi) is 5.51. The van der Waals surface area contributed by atoms with Gasteiger partial charge in [0.05, 0.1) is 0 Å². The predicted octanol–water partition coefficient (Wildman–Crippen LogP) is 4.73. The van der Waals surface area contributed by atoms with Crippen LogP contribution in [0, 0.1) is 19.7 Å². The third-order valence-corrected chi connectivity index (χ3v) is 3.85. The standard InChI is InChI=1S/C19H24FN/c1-4-11-21-19(13-16-8-6-5-7-15(16)3)17-12-14(2)9-10-18(17)20/h5-10,12,19,21H,4,11,13H2,1-3H3. The molecule has 0 aliphatic heterocycles. The molecule has 0 aliphatic rings. The van der Waals surface area contributed by atoms with Crippen LogP contribution in [-0.2, 0) is 6.42 Å². The maximum atomic E-state index is 14.2. The molecule has 1 N–H and O–H groups in total. The Hall–Kier alpha value is -1.67. The summed E-state index contributed by atoms with van der Waals surface area (Å²) in [6, 6.07) is 13.7. The minimum Gasteiger partial charge on any atom is -0.310 e. The number of hydrogen-bond donors (Lipinski definition) is 1. The Labute approximate surface area is 127 Å². The van der Waals surface area contributed by atoms with Crippen molar-refractivity contribution in [1.29, 1.82) is 0 Å². The lowest BCUT2D eigenvalue weighted by Gasteiger charge is -2.21. The Bertz CT molecular complexity index is 592. The van der Waals surface area contributed by atoms with Gasteiger partial charge in [-0.2, -0.15) is 0 Å². The molecular weight excluding hydrogens is 261 g/mol. The highest BCUT2D eigenvalue weighted by Crippen LogP contribution is 2.24. The summed E-state index contributed by atoms with van der Waals surface area (Å²) in [6.45, 7) is 7.14. The molecular formula is C19H24FN. The molecule has 2 heteroatoms. The van der Waals surface area contributed by atoms with Gasteiger partial charge in [-0.3, -0.25) is 0 Å². The first-order valence-corrected chi connectivity index (χ1v) is 7.65. The maximum Gasteiger partial charge on any atom is 0.128 e. The number of rotatable bonds is 6. The normalized spacial score (nSPS) is 12.4. The van der Waals surface area contributed by atoms with Crippen LogP contribution in [0.4, 0.5) is 4.39 Å². The third-order valence-electron chi connectivity index (χ3n) is 3.85. The summed E-state index contributed by atoms with van der Waals surface area (Å²) in [7, 11) is 0. The summed E-state index contributed by atoms with van der Waals surface area (Å²) in [4.78, 5) is 0. The molecule has 0 spiro atoms. The molecule has 1 nitrogen and oxygen atoms in total. The van der Waals surface area contributed by atoms with Gasteiger partial charge in [0.2, 0.25) is 0 Å². The zero-order valence-electron chi connectivity index (χ0n) is 13.1. The minimum absolute atomic E-state index is 0.0194. The van der Waals surface area contributed by atoms with Crippen molar-refractivity contribution in [3.05, 3.63) is 70.5 Å². The first-order valence-electron chi connectivity index (χ1n) is 7.65. The topological polar surface area (TPSA) is 12.0 Å². The van der Waals surface area contributed by atoms with Gasteiger partial charge in [0.1, 0.15) is 5.82 Å². The van der Waals surface area contributed by atoms with Crippen LogP contribution in [0.3, 0.4) is 0 Å². The molecule has 0 bridgehead atoms. The van der Waals surface area contributed by atoms with Crippen LogP contribution in [0.25, 0.3) is 0 Å². The molecule has 0 amide bonds. The summed E-state index contributed by atoms with van der Waals surface area (Å²) >= 11 is 0. The minimum atomic E-state index is -0.122. The van der Waals surface area contributed by atoms with Gasteiger partial charge >= 0.3 is 0 Å². The summed E-state index contributed by atoms with van der Waals surface area (Å²) in [6.07, 6.45) is 1.85. The number of hydrogen-bond acceptors (Lipinski definition) is 1. The van der Waals surface area contributed by atoms with E-state index in [4.69, 9.17) is 0 Å². The molecule has 2 aromatic carbocycles. The summed E-state index contributed by atoms with van der Waals surface area (Å²) in [5, 5.41) is 3.49. The van der Waals surface area contributed by atoms with Crippen LogP contribution in [0.2, 0.25) is 0 Å². The van der Waals surface area contributed by atoms with Gasteiger partial charge in [0.15, 0.2) is 0 Å². The van der Waals surface area contributed by atoms with Crippen molar-refractivity contribution in [2.75, 3.05) is 6.54 Å².